The van der Waals surface area contributed by atoms with Gasteiger partial charge in [0.1, 0.15) is 5.75 Å². The van der Waals surface area contributed by atoms with Crippen molar-refractivity contribution in [1.29, 1.82) is 0 Å². The van der Waals surface area contributed by atoms with E-state index in [-0.39, 0.29) is 24.1 Å². The van der Waals surface area contributed by atoms with Crippen molar-refractivity contribution >= 4 is 44.0 Å². The van der Waals surface area contributed by atoms with Gasteiger partial charge in [-0.15, -0.1) is 0 Å². The van der Waals surface area contributed by atoms with Crippen molar-refractivity contribution < 1.29 is 19.0 Å². The van der Waals surface area contributed by atoms with E-state index >= 15 is 0 Å². The second-order valence-corrected chi connectivity index (χ2v) is 9.64. The summed E-state index contributed by atoms with van der Waals surface area (Å²) >= 11 is 0. The minimum absolute atomic E-state index is 0.0468. The Kier molecular flexibility index (Phi) is 5.94. The number of rotatable bonds is 6. The topological polar surface area (TPSA) is 91.2 Å². The molecule has 1 amide bonds. The number of carbonyl (C=O) groups is 1. The van der Waals surface area contributed by atoms with Gasteiger partial charge in [0.15, 0.2) is 18.1 Å². The summed E-state index contributed by atoms with van der Waals surface area (Å²) in [6.07, 6.45) is 8.59. The summed E-state index contributed by atoms with van der Waals surface area (Å²) in [6.45, 7) is -0.0468. The summed E-state index contributed by atoms with van der Waals surface area (Å²) in [7, 11) is 3.07. The Labute approximate surface area is 213 Å². The van der Waals surface area contributed by atoms with Crippen LogP contribution in [0.25, 0.3) is 38.1 Å². The molecule has 0 unspecified atom stereocenters. The van der Waals surface area contributed by atoms with Crippen molar-refractivity contribution in [2.24, 2.45) is 0 Å². The van der Waals surface area contributed by atoms with Gasteiger partial charge in [-0.1, -0.05) is 25.7 Å². The summed E-state index contributed by atoms with van der Waals surface area (Å²) in [5.41, 5.74) is 1.97. The third-order valence-corrected chi connectivity index (χ3v) is 7.45. The molecule has 0 atom stereocenters. The molecule has 8 nitrogen and oxygen atoms in total. The highest BCUT2D eigenvalue weighted by Gasteiger charge is 2.22. The average molecular weight is 500 g/mol. The molecule has 0 bridgehead atoms. The molecular formula is C29H29N3O5. The van der Waals surface area contributed by atoms with Gasteiger partial charge in [0.25, 0.3) is 11.5 Å². The summed E-state index contributed by atoms with van der Waals surface area (Å²) in [6, 6.07) is 11.3. The summed E-state index contributed by atoms with van der Waals surface area (Å²) in [5.74, 6) is 1.34. The van der Waals surface area contributed by atoms with E-state index < -0.39 is 0 Å². The molecule has 5 aromatic rings. The highest BCUT2D eigenvalue weighted by atomic mass is 16.5. The minimum atomic E-state index is -0.206. The molecule has 1 N–H and O–H groups in total. The van der Waals surface area contributed by atoms with E-state index in [1.165, 1.54) is 20.0 Å². The van der Waals surface area contributed by atoms with Crippen LogP contribution >= 0.6 is 0 Å². The fraction of sp³-hybridized carbons (Fsp3) is 0.345. The zero-order valence-corrected chi connectivity index (χ0v) is 21.0. The SMILES string of the molecule is COc1ccc2c(c1OC)c(=O)n1c3ccc(OCC(=O)NC4CCCCCC4)cc3c3ccnc2c31. The molecule has 0 saturated heterocycles. The molecule has 3 heterocycles. The molecule has 8 heteroatoms. The first-order valence-corrected chi connectivity index (χ1v) is 12.8. The average Bonchev–Trinajstić information content (AvgIpc) is 3.05. The number of benzene rings is 2. The van der Waals surface area contributed by atoms with Gasteiger partial charge in [-0.05, 0) is 49.2 Å². The molecule has 190 valence electrons. The summed E-state index contributed by atoms with van der Waals surface area (Å²) < 4.78 is 18.6. The first-order valence-electron chi connectivity index (χ1n) is 12.8. The number of ether oxygens (including phenoxy) is 3. The van der Waals surface area contributed by atoms with Gasteiger partial charge in [0.2, 0.25) is 0 Å². The number of hydrogen-bond acceptors (Lipinski definition) is 6. The molecule has 0 aliphatic heterocycles. The van der Waals surface area contributed by atoms with Crippen LogP contribution in [-0.2, 0) is 4.79 Å². The predicted molar refractivity (Wildman–Crippen MR) is 143 cm³/mol. The zero-order chi connectivity index (χ0) is 25.5. The second-order valence-electron chi connectivity index (χ2n) is 9.64. The maximum absolute atomic E-state index is 13.8. The van der Waals surface area contributed by atoms with Gasteiger partial charge in [-0.25, -0.2) is 0 Å². The fourth-order valence-electron chi connectivity index (χ4n) is 5.73. The van der Waals surface area contributed by atoms with Crippen LogP contribution in [0.4, 0.5) is 0 Å². The Morgan fingerprint density at radius 3 is 2.57 bits per heavy atom. The van der Waals surface area contributed by atoms with Crippen molar-refractivity contribution in [3.8, 4) is 17.2 Å². The van der Waals surface area contributed by atoms with Crippen LogP contribution in [-0.4, -0.2) is 42.2 Å². The molecule has 1 saturated carbocycles. The lowest BCUT2D eigenvalue weighted by Crippen LogP contribution is -2.37. The van der Waals surface area contributed by atoms with E-state index in [9.17, 15) is 9.59 Å². The molecule has 37 heavy (non-hydrogen) atoms. The molecule has 0 radical (unpaired) electrons. The van der Waals surface area contributed by atoms with Gasteiger partial charge in [0, 0.05) is 28.4 Å². The lowest BCUT2D eigenvalue weighted by atomic mass is 10.1. The predicted octanol–water partition coefficient (Wildman–Crippen LogP) is 4.83. The van der Waals surface area contributed by atoms with Gasteiger partial charge >= 0.3 is 0 Å². The lowest BCUT2D eigenvalue weighted by molar-refractivity contribution is -0.123. The standard InChI is InChI=1S/C29H29N3O5/c1-35-23-12-10-20-25(28(23)36-2)29(34)32-22-11-9-18(15-21(22)19-13-14-30-26(20)27(19)32)37-16-24(33)31-17-7-5-3-4-6-8-17/h9-15,17H,3-8,16H2,1-2H3,(H,31,33). The summed E-state index contributed by atoms with van der Waals surface area (Å²) in [4.78, 5) is 31.0. The summed E-state index contributed by atoms with van der Waals surface area (Å²) in [5, 5.41) is 5.99. The Bertz CT molecular complexity index is 1680. The van der Waals surface area contributed by atoms with Gasteiger partial charge in [-0.3, -0.25) is 19.0 Å². The van der Waals surface area contributed by atoms with Crippen molar-refractivity contribution in [3.05, 3.63) is 52.9 Å². The molecule has 0 spiro atoms. The highest BCUT2D eigenvalue weighted by molar-refractivity contribution is 6.19. The van der Waals surface area contributed by atoms with E-state index in [0.29, 0.717) is 33.5 Å². The number of nitrogens with zero attached hydrogens (tertiary/aromatic N) is 2. The van der Waals surface area contributed by atoms with E-state index in [1.807, 2.05) is 24.3 Å². The zero-order valence-electron chi connectivity index (χ0n) is 21.0. The van der Waals surface area contributed by atoms with Gasteiger partial charge in [-0.2, -0.15) is 0 Å². The van der Waals surface area contributed by atoms with Crippen molar-refractivity contribution in [2.75, 3.05) is 20.8 Å². The van der Waals surface area contributed by atoms with E-state index in [4.69, 9.17) is 14.2 Å². The molecular weight excluding hydrogens is 470 g/mol. The van der Waals surface area contributed by atoms with Crippen LogP contribution in [0, 0.1) is 0 Å². The first-order chi connectivity index (χ1) is 18.1. The number of methoxy groups -OCH3 is 2. The molecule has 2 aromatic carbocycles. The van der Waals surface area contributed by atoms with Gasteiger partial charge < -0.3 is 19.5 Å². The van der Waals surface area contributed by atoms with Crippen molar-refractivity contribution in [1.82, 2.24) is 14.7 Å². The third kappa shape index (κ3) is 3.87. The molecule has 1 aliphatic carbocycles. The number of amides is 1. The largest absolute Gasteiger partial charge is 0.493 e. The number of pyridine rings is 2. The molecule has 1 fully saturated rings. The Morgan fingerprint density at radius 2 is 1.81 bits per heavy atom. The Balaban J connectivity index is 1.41. The quantitative estimate of drug-likeness (QED) is 0.266. The van der Waals surface area contributed by atoms with Crippen LogP contribution < -0.4 is 25.1 Å². The third-order valence-electron chi connectivity index (χ3n) is 7.45. The minimum Gasteiger partial charge on any atom is -0.493 e. The molecule has 6 rings (SSSR count). The first kappa shape index (κ1) is 23.3. The number of fused-ring (bicyclic) bond motifs is 5. The fourth-order valence-corrected chi connectivity index (χ4v) is 5.73. The Morgan fingerprint density at radius 1 is 1.00 bits per heavy atom. The highest BCUT2D eigenvalue weighted by Crippen LogP contribution is 2.39. The number of carbonyl (C=O) groups excluding carboxylic acids is 1. The van der Waals surface area contributed by atoms with Crippen molar-refractivity contribution in [2.45, 2.75) is 44.6 Å². The maximum atomic E-state index is 13.8. The normalized spacial score (nSPS) is 14.9. The number of aromatic nitrogens is 2. The molecule has 3 aromatic heterocycles. The van der Waals surface area contributed by atoms with E-state index in [0.717, 1.165) is 47.5 Å². The molecule has 1 aliphatic rings. The van der Waals surface area contributed by atoms with Crippen LogP contribution in [0.15, 0.2) is 47.4 Å². The van der Waals surface area contributed by atoms with Crippen LogP contribution in [0.3, 0.4) is 0 Å². The second kappa shape index (κ2) is 9.42. The van der Waals surface area contributed by atoms with Crippen LogP contribution in [0.2, 0.25) is 0 Å². The van der Waals surface area contributed by atoms with Crippen LogP contribution in [0.5, 0.6) is 17.2 Å². The van der Waals surface area contributed by atoms with Crippen molar-refractivity contribution in [3.63, 3.8) is 0 Å². The number of hydrogen-bond donors (Lipinski definition) is 1. The number of nitrogens with one attached hydrogen (secondary N) is 1. The lowest BCUT2D eigenvalue weighted by Gasteiger charge is -2.16. The van der Waals surface area contributed by atoms with E-state index in [1.54, 1.807) is 29.8 Å². The van der Waals surface area contributed by atoms with E-state index in [2.05, 4.69) is 10.3 Å². The Hall–Kier alpha value is -4.07. The van der Waals surface area contributed by atoms with Gasteiger partial charge in [0.05, 0.1) is 36.2 Å². The maximum Gasteiger partial charge on any atom is 0.267 e. The van der Waals surface area contributed by atoms with Crippen LogP contribution in [0.1, 0.15) is 38.5 Å². The smallest absolute Gasteiger partial charge is 0.267 e. The monoisotopic (exact) mass is 499 g/mol.